The number of pyridine rings is 1. The molecule has 0 spiro atoms. The molecule has 2 amide bonds. The number of carbonyl (C=O) groups is 2. The minimum Gasteiger partial charge on any atom is -0.379 e. The highest BCUT2D eigenvalue weighted by Gasteiger charge is 2.42. The van der Waals surface area contributed by atoms with Crippen molar-refractivity contribution in [1.82, 2.24) is 24.5 Å². The number of sulfonamides is 1. The summed E-state index contributed by atoms with van der Waals surface area (Å²) < 4.78 is 32.7. The van der Waals surface area contributed by atoms with Crippen LogP contribution in [0.5, 0.6) is 0 Å². The second-order valence-corrected chi connectivity index (χ2v) is 8.84. The number of imide groups is 1. The molecule has 154 valence electrons. The van der Waals surface area contributed by atoms with Gasteiger partial charge >= 0.3 is 0 Å². The highest BCUT2D eigenvalue weighted by atomic mass is 32.2. The number of nitrogens with zero attached hydrogens (tertiary/aromatic N) is 5. The smallest absolute Gasteiger partial charge is 0.270 e. The van der Waals surface area contributed by atoms with Crippen LogP contribution in [0, 0.1) is 6.92 Å². The van der Waals surface area contributed by atoms with E-state index in [9.17, 15) is 18.0 Å². The first kappa shape index (κ1) is 18.8. The molecule has 1 aromatic carbocycles. The number of morpholine rings is 1. The van der Waals surface area contributed by atoms with Gasteiger partial charge in [0.25, 0.3) is 11.8 Å². The number of H-pyrrole nitrogens is 1. The highest BCUT2D eigenvalue weighted by molar-refractivity contribution is 7.89. The Labute approximate surface area is 170 Å². The van der Waals surface area contributed by atoms with Crippen LogP contribution in [-0.4, -0.2) is 71.0 Å². The Morgan fingerprint density at radius 1 is 1.10 bits per heavy atom. The predicted octanol–water partition coefficient (Wildman–Crippen LogP) is 0.483. The largest absolute Gasteiger partial charge is 0.379 e. The topological polar surface area (TPSA) is 138 Å². The van der Waals surface area contributed by atoms with E-state index in [0.717, 1.165) is 4.90 Å². The number of amides is 2. The molecule has 2 aromatic heterocycles. The third-order valence-corrected chi connectivity index (χ3v) is 7.09. The second-order valence-electron chi connectivity index (χ2n) is 6.90. The monoisotopic (exact) mass is 428 g/mol. The molecule has 0 unspecified atom stereocenters. The van der Waals surface area contributed by atoms with Crippen LogP contribution in [0.15, 0.2) is 29.4 Å². The zero-order chi connectivity index (χ0) is 21.0. The molecule has 11 nitrogen and oxygen atoms in total. The fraction of sp³-hybridized carbons (Fsp3) is 0.278. The van der Waals surface area contributed by atoms with Crippen LogP contribution < -0.4 is 4.90 Å². The Hall–Kier alpha value is -3.22. The number of carbonyl (C=O) groups excluding carboxylic acids is 2. The van der Waals surface area contributed by atoms with E-state index in [1.165, 1.54) is 22.8 Å². The lowest BCUT2D eigenvalue weighted by atomic mass is 10.0. The quantitative estimate of drug-likeness (QED) is 0.595. The molecule has 12 heteroatoms. The molecule has 5 rings (SSSR count). The zero-order valence-corrected chi connectivity index (χ0v) is 16.6. The molecule has 2 aliphatic rings. The van der Waals surface area contributed by atoms with Crippen LogP contribution in [-0.2, 0) is 14.8 Å². The van der Waals surface area contributed by atoms with Crippen LogP contribution >= 0.6 is 0 Å². The van der Waals surface area contributed by atoms with Crippen LogP contribution in [0.4, 0.5) is 5.95 Å². The van der Waals surface area contributed by atoms with E-state index >= 15 is 0 Å². The maximum atomic E-state index is 13.1. The van der Waals surface area contributed by atoms with Crippen molar-refractivity contribution in [1.29, 1.82) is 0 Å². The molecule has 0 aliphatic carbocycles. The number of benzene rings is 1. The molecule has 1 fully saturated rings. The van der Waals surface area contributed by atoms with E-state index in [1.54, 1.807) is 13.0 Å². The molecule has 0 atom stereocenters. The molecule has 0 radical (unpaired) electrons. The first-order chi connectivity index (χ1) is 14.4. The number of fused-ring (bicyclic) bond motifs is 3. The standard InChI is InChI=1S/C18H16N6O5S/c1-10-14-15(17(26)24(16(14)25)18-19-9-20-22-18)12-8-11(2-3-13(12)21-10)30(27,28)23-4-6-29-7-5-23/h2-3,8-9H,4-7H2,1H3,(H,19,20,22). The van der Waals surface area contributed by atoms with Crippen molar-refractivity contribution < 1.29 is 22.7 Å². The van der Waals surface area contributed by atoms with Gasteiger partial charge in [-0.1, -0.05) is 0 Å². The summed E-state index contributed by atoms with van der Waals surface area (Å²) in [5.41, 5.74) is 1.04. The van der Waals surface area contributed by atoms with Gasteiger partial charge in [-0.25, -0.2) is 18.4 Å². The van der Waals surface area contributed by atoms with Crippen molar-refractivity contribution in [2.75, 3.05) is 31.2 Å². The van der Waals surface area contributed by atoms with Gasteiger partial charge in [0, 0.05) is 18.5 Å². The van der Waals surface area contributed by atoms with Crippen molar-refractivity contribution >= 4 is 38.7 Å². The molecule has 0 saturated carbocycles. The van der Waals surface area contributed by atoms with Gasteiger partial charge in [0.1, 0.15) is 6.33 Å². The number of ether oxygens (including phenoxy) is 1. The summed E-state index contributed by atoms with van der Waals surface area (Å²) in [7, 11) is -3.78. The summed E-state index contributed by atoms with van der Waals surface area (Å²) in [5, 5.41) is 6.49. The van der Waals surface area contributed by atoms with Crippen LogP contribution in [0.2, 0.25) is 0 Å². The molecule has 4 heterocycles. The van der Waals surface area contributed by atoms with Crippen LogP contribution in [0.3, 0.4) is 0 Å². The molecule has 1 N–H and O–H groups in total. The summed E-state index contributed by atoms with van der Waals surface area (Å²) in [6.45, 7) is 2.78. The maximum absolute atomic E-state index is 13.1. The lowest BCUT2D eigenvalue weighted by Gasteiger charge is -2.26. The Balaban J connectivity index is 1.69. The molecule has 30 heavy (non-hydrogen) atoms. The Morgan fingerprint density at radius 3 is 2.53 bits per heavy atom. The fourth-order valence-corrected chi connectivity index (χ4v) is 5.20. The Kier molecular flexibility index (Phi) is 4.17. The molecule has 2 aliphatic heterocycles. The molecule has 3 aromatic rings. The third-order valence-electron chi connectivity index (χ3n) is 5.19. The SMILES string of the molecule is Cc1nc2ccc(S(=O)(=O)N3CCOCC3)cc2c2c1C(=O)N(c1ncn[nH]1)C2=O. The van der Waals surface area contributed by atoms with Crippen LogP contribution in [0.25, 0.3) is 10.9 Å². The number of nitrogens with one attached hydrogen (secondary N) is 1. The average Bonchev–Trinajstić information content (AvgIpc) is 3.35. The van der Waals surface area contributed by atoms with E-state index in [1.807, 2.05) is 0 Å². The van der Waals surface area contributed by atoms with Gasteiger partial charge in [-0.05, 0) is 25.1 Å². The van der Waals surface area contributed by atoms with Gasteiger partial charge < -0.3 is 4.74 Å². The first-order valence-electron chi connectivity index (χ1n) is 9.16. The van der Waals surface area contributed by atoms with E-state index in [4.69, 9.17) is 4.74 Å². The van der Waals surface area contributed by atoms with Crippen molar-refractivity contribution in [2.24, 2.45) is 0 Å². The average molecular weight is 428 g/mol. The minimum absolute atomic E-state index is 0.00848. The van der Waals surface area contributed by atoms with E-state index in [-0.39, 0.29) is 35.1 Å². The Bertz CT molecular complexity index is 1300. The number of aromatic amines is 1. The van der Waals surface area contributed by atoms with E-state index in [2.05, 4.69) is 20.2 Å². The number of rotatable bonds is 3. The summed E-state index contributed by atoms with van der Waals surface area (Å²) in [6, 6.07) is 4.41. The summed E-state index contributed by atoms with van der Waals surface area (Å²) >= 11 is 0. The predicted molar refractivity (Wildman–Crippen MR) is 104 cm³/mol. The van der Waals surface area contributed by atoms with Gasteiger partial charge in [0.2, 0.25) is 16.0 Å². The summed E-state index contributed by atoms with van der Waals surface area (Å²) in [4.78, 5) is 35.3. The van der Waals surface area contributed by atoms with Gasteiger partial charge in [-0.2, -0.15) is 14.4 Å². The van der Waals surface area contributed by atoms with Gasteiger partial charge in [0.15, 0.2) is 0 Å². The van der Waals surface area contributed by atoms with E-state index < -0.39 is 21.8 Å². The fourth-order valence-electron chi connectivity index (χ4n) is 3.76. The zero-order valence-electron chi connectivity index (χ0n) is 15.8. The summed E-state index contributed by atoms with van der Waals surface area (Å²) in [5.74, 6) is -1.20. The van der Waals surface area contributed by atoms with Gasteiger partial charge in [0.05, 0.1) is 40.4 Å². The highest BCUT2D eigenvalue weighted by Crippen LogP contribution is 2.34. The number of hydrogen-bond donors (Lipinski definition) is 1. The maximum Gasteiger partial charge on any atom is 0.270 e. The van der Waals surface area contributed by atoms with Crippen molar-refractivity contribution in [3.63, 3.8) is 0 Å². The number of aryl methyl sites for hydroxylation is 1. The van der Waals surface area contributed by atoms with Crippen molar-refractivity contribution in [3.8, 4) is 0 Å². The molecule has 0 bridgehead atoms. The lowest BCUT2D eigenvalue weighted by molar-refractivity contribution is 0.0730. The first-order valence-corrected chi connectivity index (χ1v) is 10.6. The third kappa shape index (κ3) is 2.65. The normalized spacial score (nSPS) is 17.7. The molecular formula is C18H16N6O5S. The number of anilines is 1. The van der Waals surface area contributed by atoms with Crippen LogP contribution in [0.1, 0.15) is 26.4 Å². The molecule has 1 saturated heterocycles. The number of aromatic nitrogens is 4. The van der Waals surface area contributed by atoms with Gasteiger partial charge in [-0.3, -0.25) is 14.6 Å². The van der Waals surface area contributed by atoms with Crippen molar-refractivity contribution in [2.45, 2.75) is 11.8 Å². The summed E-state index contributed by atoms with van der Waals surface area (Å²) in [6.07, 6.45) is 1.19. The van der Waals surface area contributed by atoms with E-state index in [0.29, 0.717) is 29.8 Å². The Morgan fingerprint density at radius 2 is 1.83 bits per heavy atom. The molecular weight excluding hydrogens is 412 g/mol. The number of hydrogen-bond acceptors (Lipinski definition) is 8. The minimum atomic E-state index is -3.78. The second kappa shape index (κ2) is 6.65. The van der Waals surface area contributed by atoms with Gasteiger partial charge in [-0.15, -0.1) is 0 Å². The lowest BCUT2D eigenvalue weighted by Crippen LogP contribution is -2.40. The van der Waals surface area contributed by atoms with Crippen molar-refractivity contribution in [3.05, 3.63) is 41.3 Å².